The summed E-state index contributed by atoms with van der Waals surface area (Å²) in [5, 5.41) is 32.6. The van der Waals surface area contributed by atoms with Crippen LogP contribution in [0.25, 0.3) is 0 Å². The Kier molecular flexibility index (Phi) is 8.17. The number of aliphatic hydroxyl groups excluding tert-OH is 2. The first-order valence-corrected chi connectivity index (χ1v) is 12.8. The Morgan fingerprint density at radius 2 is 1.90 bits per heavy atom. The molecule has 0 amide bonds. The van der Waals surface area contributed by atoms with Crippen LogP contribution in [0.15, 0.2) is 49.1 Å². The molecule has 39 heavy (non-hydrogen) atoms. The number of alkyl halides is 3. The molecule has 0 aliphatic heterocycles. The predicted molar refractivity (Wildman–Crippen MR) is 127 cm³/mol. The topological polar surface area (TPSA) is 192 Å². The monoisotopic (exact) mass is 572 g/mol. The molecule has 0 radical (unpaired) electrons. The van der Waals surface area contributed by atoms with Crippen LogP contribution in [-0.4, -0.2) is 75.4 Å². The fraction of sp³-hybridized carbons (Fsp3) is 0.364. The number of nitrogens with two attached hydrogens (primary N) is 1. The van der Waals surface area contributed by atoms with Crippen molar-refractivity contribution in [2.24, 2.45) is 11.1 Å². The summed E-state index contributed by atoms with van der Waals surface area (Å²) < 4.78 is 68.9. The van der Waals surface area contributed by atoms with E-state index >= 15 is 0 Å². The number of aliphatic hydroxyl groups is 2. The predicted octanol–water partition coefficient (Wildman–Crippen LogP) is 0.593. The first-order valence-electron chi connectivity index (χ1n) is 11.3. The number of benzene rings is 1. The molecule has 1 aromatic carbocycles. The number of anilines is 1. The van der Waals surface area contributed by atoms with E-state index in [1.54, 1.807) is 0 Å². The van der Waals surface area contributed by atoms with Gasteiger partial charge in [0.05, 0.1) is 30.9 Å². The molecule has 5 N–H and O–H groups in total. The van der Waals surface area contributed by atoms with E-state index in [9.17, 15) is 36.6 Å². The first kappa shape index (κ1) is 28.4. The molecule has 4 rings (SSSR count). The lowest BCUT2D eigenvalue weighted by atomic mass is 10.1. The Hall–Kier alpha value is -3.64. The number of nitrogens with zero attached hydrogens (tertiary/aromatic N) is 4. The molecule has 2 heterocycles. The second-order valence-corrected chi connectivity index (χ2v) is 9.93. The number of carbonyl (C=O) groups excluding carboxylic acids is 1. The highest BCUT2D eigenvalue weighted by Crippen LogP contribution is 2.30. The molecule has 210 valence electrons. The molecule has 1 aliphatic carbocycles. The summed E-state index contributed by atoms with van der Waals surface area (Å²) in [4.78, 5) is 21.1. The van der Waals surface area contributed by atoms with Crippen LogP contribution in [0, 0.1) is 5.92 Å². The minimum atomic E-state index is -4.80. The lowest BCUT2D eigenvalue weighted by molar-refractivity contribution is -0.274. The number of halogens is 3. The molecule has 0 saturated heterocycles. The van der Waals surface area contributed by atoms with Gasteiger partial charge in [-0.25, -0.2) is 15.1 Å². The van der Waals surface area contributed by atoms with Gasteiger partial charge in [-0.1, -0.05) is 12.1 Å². The van der Waals surface area contributed by atoms with E-state index in [0.29, 0.717) is 5.56 Å². The van der Waals surface area contributed by atoms with Gasteiger partial charge in [-0.05, 0) is 30.2 Å². The van der Waals surface area contributed by atoms with Crippen LogP contribution in [0.3, 0.4) is 0 Å². The lowest BCUT2D eigenvalue weighted by Crippen LogP contribution is -2.36. The summed E-state index contributed by atoms with van der Waals surface area (Å²) in [7, 11) is -4.24. The molecule has 13 nitrogen and oxygen atoms in total. The second kappa shape index (κ2) is 11.2. The van der Waals surface area contributed by atoms with Crippen LogP contribution in [-0.2, 0) is 21.0 Å². The van der Waals surface area contributed by atoms with Crippen LogP contribution < -0.4 is 15.2 Å². The normalized spacial score (nSPS) is 21.6. The molecule has 3 aromatic rings. The van der Waals surface area contributed by atoms with Crippen molar-refractivity contribution >= 4 is 21.9 Å². The van der Waals surface area contributed by atoms with Gasteiger partial charge < -0.3 is 20.3 Å². The number of rotatable bonds is 10. The number of aromatic nitrogens is 4. The van der Waals surface area contributed by atoms with Crippen molar-refractivity contribution in [3.05, 3.63) is 65.9 Å². The van der Waals surface area contributed by atoms with E-state index in [4.69, 9.17) is 5.14 Å². The van der Waals surface area contributed by atoms with Crippen molar-refractivity contribution in [3.8, 4) is 5.75 Å². The lowest BCUT2D eigenvalue weighted by Gasteiger charge is -2.19. The third kappa shape index (κ3) is 7.48. The summed E-state index contributed by atoms with van der Waals surface area (Å²) >= 11 is 0. The maximum absolute atomic E-state index is 13.2. The number of hydrogen-bond acceptors (Lipinski definition) is 11. The maximum Gasteiger partial charge on any atom is 0.573 e. The average molecular weight is 573 g/mol. The molecule has 2 aromatic heterocycles. The van der Waals surface area contributed by atoms with Crippen molar-refractivity contribution in [2.45, 2.75) is 37.6 Å². The van der Waals surface area contributed by atoms with Crippen LogP contribution in [0.1, 0.15) is 28.0 Å². The SMILES string of the molecule is NS(=O)(=O)OC[C@H]1C[C@@H](Nc2ncncc2C(=O)c2ccn(Cc3ccc(OC(F)(F)F)cc3)n2)[C@H](O)[C@@H]1O. The molecule has 4 atom stereocenters. The smallest absolute Gasteiger partial charge is 0.406 e. The largest absolute Gasteiger partial charge is 0.573 e. The number of ketones is 1. The summed E-state index contributed by atoms with van der Waals surface area (Å²) in [6, 6.07) is 5.82. The van der Waals surface area contributed by atoms with Crippen molar-refractivity contribution in [1.29, 1.82) is 0 Å². The van der Waals surface area contributed by atoms with Gasteiger partial charge in [0.15, 0.2) is 0 Å². The Labute approximate surface area is 219 Å². The number of ether oxygens (including phenoxy) is 1. The van der Waals surface area contributed by atoms with Gasteiger partial charge in [0.2, 0.25) is 5.78 Å². The maximum atomic E-state index is 13.2. The van der Waals surface area contributed by atoms with Crippen LogP contribution in [0.5, 0.6) is 5.75 Å². The number of carbonyl (C=O) groups is 1. The van der Waals surface area contributed by atoms with Crippen molar-refractivity contribution in [2.75, 3.05) is 11.9 Å². The van der Waals surface area contributed by atoms with Gasteiger partial charge in [0.25, 0.3) is 0 Å². The standard InChI is InChI=1S/C22H23F3N6O7S/c23-22(24,25)38-14-3-1-12(2-4-14)9-31-6-5-16(30-31)19(33)15-8-27-11-28-21(15)29-17-7-13(18(32)20(17)34)10-37-39(26,35)36/h1-6,8,11,13,17-18,20,32,34H,7,9-10H2,(H2,26,35,36)(H,27,28,29)/t13-,17-,18-,20+/m1/s1. The average Bonchev–Trinajstić information content (AvgIpc) is 3.43. The highest BCUT2D eigenvalue weighted by atomic mass is 32.2. The Bertz CT molecular complexity index is 1420. The van der Waals surface area contributed by atoms with Crippen LogP contribution >= 0.6 is 0 Å². The Balaban J connectivity index is 1.43. The minimum absolute atomic E-state index is 0.0160. The third-order valence-electron chi connectivity index (χ3n) is 5.90. The molecule has 1 aliphatic rings. The molecule has 1 saturated carbocycles. The van der Waals surface area contributed by atoms with Gasteiger partial charge >= 0.3 is 16.7 Å². The summed E-state index contributed by atoms with van der Waals surface area (Å²) in [6.45, 7) is -0.287. The summed E-state index contributed by atoms with van der Waals surface area (Å²) in [6.07, 6.45) is -3.45. The Morgan fingerprint density at radius 3 is 2.56 bits per heavy atom. The van der Waals surface area contributed by atoms with Crippen molar-refractivity contribution < 1.29 is 45.5 Å². The van der Waals surface area contributed by atoms with Crippen molar-refractivity contribution in [3.63, 3.8) is 0 Å². The molecule has 0 spiro atoms. The van der Waals surface area contributed by atoms with Gasteiger partial charge in [0, 0.05) is 18.3 Å². The van der Waals surface area contributed by atoms with Crippen LogP contribution in [0.2, 0.25) is 0 Å². The van der Waals surface area contributed by atoms with Crippen molar-refractivity contribution in [1.82, 2.24) is 19.7 Å². The molecule has 17 heteroatoms. The molecule has 1 fully saturated rings. The van der Waals surface area contributed by atoms with Gasteiger partial charge in [-0.2, -0.15) is 13.5 Å². The third-order valence-corrected chi connectivity index (χ3v) is 6.37. The highest BCUT2D eigenvalue weighted by Gasteiger charge is 2.42. The van der Waals surface area contributed by atoms with Gasteiger partial charge in [-0.3, -0.25) is 13.7 Å². The number of hydrogen-bond donors (Lipinski definition) is 4. The van der Waals surface area contributed by atoms with E-state index in [1.165, 1.54) is 41.6 Å². The zero-order valence-electron chi connectivity index (χ0n) is 19.9. The fourth-order valence-electron chi connectivity index (χ4n) is 4.09. The Morgan fingerprint density at radius 1 is 1.18 bits per heavy atom. The zero-order valence-corrected chi connectivity index (χ0v) is 20.7. The summed E-state index contributed by atoms with van der Waals surface area (Å²) in [5.74, 6) is -1.64. The zero-order chi connectivity index (χ0) is 28.4. The van der Waals surface area contributed by atoms with Gasteiger partial charge in [-0.15, -0.1) is 13.2 Å². The first-order chi connectivity index (χ1) is 18.3. The van der Waals surface area contributed by atoms with E-state index < -0.39 is 53.2 Å². The molecule has 0 bridgehead atoms. The van der Waals surface area contributed by atoms with Crippen LogP contribution in [0.4, 0.5) is 19.0 Å². The van der Waals surface area contributed by atoms with E-state index in [-0.39, 0.29) is 35.8 Å². The minimum Gasteiger partial charge on any atom is -0.406 e. The number of nitrogens with one attached hydrogen (secondary N) is 1. The molecular weight excluding hydrogens is 549 g/mol. The fourth-order valence-corrected chi connectivity index (χ4v) is 4.46. The van der Waals surface area contributed by atoms with E-state index in [0.717, 1.165) is 12.1 Å². The second-order valence-electron chi connectivity index (χ2n) is 8.71. The highest BCUT2D eigenvalue weighted by molar-refractivity contribution is 7.84. The molecule has 0 unspecified atom stereocenters. The van der Waals surface area contributed by atoms with Gasteiger partial charge in [0.1, 0.15) is 29.7 Å². The van der Waals surface area contributed by atoms with E-state index in [2.05, 4.69) is 29.3 Å². The molecular formula is C22H23F3N6O7S. The van der Waals surface area contributed by atoms with E-state index in [1.807, 2.05) is 0 Å². The summed E-state index contributed by atoms with van der Waals surface area (Å²) in [5.41, 5.74) is 0.644. The quantitative estimate of drug-likeness (QED) is 0.249.